The van der Waals surface area contributed by atoms with Gasteiger partial charge in [0.1, 0.15) is 0 Å². The highest BCUT2D eigenvalue weighted by molar-refractivity contribution is 6.33. The molecule has 0 atom stereocenters. The molecular weight excluding hydrogens is 307 g/mol. The van der Waals surface area contributed by atoms with Gasteiger partial charge in [-0.1, -0.05) is 11.6 Å². The highest BCUT2D eigenvalue weighted by Crippen LogP contribution is 2.34. The number of amides is 1. The molecule has 110 valence electrons. The third kappa shape index (κ3) is 3.43. The van der Waals surface area contributed by atoms with Gasteiger partial charge in [-0.05, 0) is 30.3 Å². The van der Waals surface area contributed by atoms with Crippen molar-refractivity contribution >= 4 is 29.0 Å². The number of rotatable bonds is 2. The van der Waals surface area contributed by atoms with Crippen molar-refractivity contribution in [3.05, 3.63) is 52.7 Å². The third-order valence-electron chi connectivity index (χ3n) is 2.61. The predicted octanol–water partition coefficient (Wildman–Crippen LogP) is 3.59. The van der Waals surface area contributed by atoms with E-state index in [4.69, 9.17) is 17.3 Å². The lowest BCUT2D eigenvalue weighted by Gasteiger charge is -2.12. The molecule has 2 aromatic rings. The summed E-state index contributed by atoms with van der Waals surface area (Å²) in [7, 11) is 0. The van der Waals surface area contributed by atoms with Crippen molar-refractivity contribution in [2.75, 3.05) is 11.1 Å². The summed E-state index contributed by atoms with van der Waals surface area (Å²) in [6, 6.07) is 5.95. The first-order valence-corrected chi connectivity index (χ1v) is 6.05. The molecule has 4 nitrogen and oxygen atoms in total. The molecule has 1 aromatic carbocycles. The summed E-state index contributed by atoms with van der Waals surface area (Å²) in [6.07, 6.45) is -3.24. The molecule has 1 heterocycles. The van der Waals surface area contributed by atoms with Crippen LogP contribution in [0.25, 0.3) is 0 Å². The first kappa shape index (κ1) is 15.1. The highest BCUT2D eigenvalue weighted by atomic mass is 35.5. The molecule has 0 bridgehead atoms. The number of carbonyl (C=O) groups is 1. The molecule has 0 aliphatic rings. The fourth-order valence-corrected chi connectivity index (χ4v) is 1.77. The fourth-order valence-electron chi connectivity index (χ4n) is 1.60. The Balaban J connectivity index is 2.31. The summed E-state index contributed by atoms with van der Waals surface area (Å²) in [6.45, 7) is 0. The Bertz CT molecular complexity index is 689. The van der Waals surface area contributed by atoms with Gasteiger partial charge in [0.2, 0.25) is 0 Å². The Hall–Kier alpha value is -2.28. The molecule has 0 aliphatic carbocycles. The van der Waals surface area contributed by atoms with Gasteiger partial charge in [-0.2, -0.15) is 13.2 Å². The average molecular weight is 316 g/mol. The van der Waals surface area contributed by atoms with Gasteiger partial charge < -0.3 is 11.1 Å². The maximum Gasteiger partial charge on any atom is 0.418 e. The van der Waals surface area contributed by atoms with Crippen LogP contribution >= 0.6 is 11.6 Å². The van der Waals surface area contributed by atoms with E-state index < -0.39 is 23.3 Å². The van der Waals surface area contributed by atoms with Crippen LogP contribution in [-0.4, -0.2) is 10.9 Å². The molecule has 0 unspecified atom stereocenters. The van der Waals surface area contributed by atoms with Gasteiger partial charge in [-0.3, -0.25) is 4.79 Å². The zero-order chi connectivity index (χ0) is 15.6. The summed E-state index contributed by atoms with van der Waals surface area (Å²) >= 11 is 5.81. The van der Waals surface area contributed by atoms with Crippen molar-refractivity contribution in [2.45, 2.75) is 6.18 Å². The minimum Gasteiger partial charge on any atom is -0.398 e. The standard InChI is InChI=1S/C13H9ClF3N3O/c14-9-2-1-5-19-11(9)20-12(21)7-3-4-10(18)8(6-7)13(15,16)17/h1-6H,18H2,(H,19,20,21). The molecular formula is C13H9ClF3N3O. The fraction of sp³-hybridized carbons (Fsp3) is 0.0769. The molecule has 1 amide bonds. The van der Waals surface area contributed by atoms with E-state index in [0.29, 0.717) is 6.07 Å². The van der Waals surface area contributed by atoms with E-state index in [1.807, 2.05) is 0 Å². The normalized spacial score (nSPS) is 11.2. The van der Waals surface area contributed by atoms with Crippen LogP contribution in [0.3, 0.4) is 0 Å². The Labute approximate surface area is 122 Å². The van der Waals surface area contributed by atoms with Crippen LogP contribution in [0.15, 0.2) is 36.5 Å². The predicted molar refractivity (Wildman–Crippen MR) is 73.1 cm³/mol. The van der Waals surface area contributed by atoms with E-state index in [1.165, 1.54) is 18.3 Å². The number of pyridine rings is 1. The zero-order valence-electron chi connectivity index (χ0n) is 10.4. The van der Waals surface area contributed by atoms with Gasteiger partial charge in [0.15, 0.2) is 5.82 Å². The van der Waals surface area contributed by atoms with Crippen molar-refractivity contribution in [1.29, 1.82) is 0 Å². The van der Waals surface area contributed by atoms with Crippen LogP contribution in [0.2, 0.25) is 5.02 Å². The maximum atomic E-state index is 12.7. The second-order valence-corrected chi connectivity index (χ2v) is 4.49. The Morgan fingerprint density at radius 3 is 2.62 bits per heavy atom. The second kappa shape index (κ2) is 5.61. The Morgan fingerprint density at radius 2 is 2.00 bits per heavy atom. The maximum absolute atomic E-state index is 12.7. The molecule has 0 aliphatic heterocycles. The molecule has 0 spiro atoms. The van der Waals surface area contributed by atoms with Crippen molar-refractivity contribution in [3.63, 3.8) is 0 Å². The SMILES string of the molecule is Nc1ccc(C(=O)Nc2ncccc2Cl)cc1C(F)(F)F. The van der Waals surface area contributed by atoms with Gasteiger partial charge in [-0.25, -0.2) is 4.98 Å². The largest absolute Gasteiger partial charge is 0.418 e. The summed E-state index contributed by atoms with van der Waals surface area (Å²) in [4.78, 5) is 15.8. The van der Waals surface area contributed by atoms with E-state index in [0.717, 1.165) is 6.07 Å². The Kier molecular flexibility index (Phi) is 4.04. The number of nitrogens with zero attached hydrogens (tertiary/aromatic N) is 1. The van der Waals surface area contributed by atoms with E-state index in [9.17, 15) is 18.0 Å². The lowest BCUT2D eigenvalue weighted by atomic mass is 10.1. The average Bonchev–Trinajstić information content (AvgIpc) is 2.40. The van der Waals surface area contributed by atoms with Crippen molar-refractivity contribution in [2.24, 2.45) is 0 Å². The van der Waals surface area contributed by atoms with Gasteiger partial charge in [0.25, 0.3) is 5.91 Å². The number of hydrogen-bond donors (Lipinski definition) is 2. The highest BCUT2D eigenvalue weighted by Gasteiger charge is 2.33. The number of alkyl halides is 3. The first-order chi connectivity index (χ1) is 9.79. The van der Waals surface area contributed by atoms with Crippen molar-refractivity contribution < 1.29 is 18.0 Å². The number of nitrogens with one attached hydrogen (secondary N) is 1. The van der Waals surface area contributed by atoms with Crippen LogP contribution < -0.4 is 11.1 Å². The second-order valence-electron chi connectivity index (χ2n) is 4.09. The monoisotopic (exact) mass is 315 g/mol. The van der Waals surface area contributed by atoms with Gasteiger partial charge in [0, 0.05) is 17.4 Å². The van der Waals surface area contributed by atoms with Crippen LogP contribution in [0, 0.1) is 0 Å². The van der Waals surface area contributed by atoms with E-state index in [2.05, 4.69) is 10.3 Å². The zero-order valence-corrected chi connectivity index (χ0v) is 11.2. The summed E-state index contributed by atoms with van der Waals surface area (Å²) in [5, 5.41) is 2.51. The first-order valence-electron chi connectivity index (χ1n) is 5.67. The molecule has 0 saturated heterocycles. The van der Waals surface area contributed by atoms with Crippen molar-refractivity contribution in [1.82, 2.24) is 4.98 Å². The van der Waals surface area contributed by atoms with Crippen LogP contribution in [0.5, 0.6) is 0 Å². The molecule has 8 heteroatoms. The number of hydrogen-bond acceptors (Lipinski definition) is 3. The number of nitrogens with two attached hydrogens (primary N) is 1. The quantitative estimate of drug-likeness (QED) is 0.832. The molecule has 21 heavy (non-hydrogen) atoms. The molecule has 2 rings (SSSR count). The van der Waals surface area contributed by atoms with Gasteiger partial charge in [-0.15, -0.1) is 0 Å². The molecule has 0 fully saturated rings. The lowest BCUT2D eigenvalue weighted by Crippen LogP contribution is -2.16. The summed E-state index contributed by atoms with van der Waals surface area (Å²) < 4.78 is 38.2. The summed E-state index contributed by atoms with van der Waals surface area (Å²) in [5.41, 5.74) is 3.55. The van der Waals surface area contributed by atoms with E-state index in [1.54, 1.807) is 6.07 Å². The van der Waals surface area contributed by atoms with Crippen LogP contribution in [0.4, 0.5) is 24.7 Å². The number of anilines is 2. The number of benzene rings is 1. The number of halogens is 4. The molecule has 1 aromatic heterocycles. The van der Waals surface area contributed by atoms with Crippen LogP contribution in [-0.2, 0) is 6.18 Å². The topological polar surface area (TPSA) is 68.0 Å². The van der Waals surface area contributed by atoms with Gasteiger partial charge in [0.05, 0.1) is 10.6 Å². The van der Waals surface area contributed by atoms with E-state index in [-0.39, 0.29) is 16.4 Å². The number of nitrogen functional groups attached to an aromatic ring is 1. The smallest absolute Gasteiger partial charge is 0.398 e. The summed E-state index contributed by atoms with van der Waals surface area (Å²) in [5.74, 6) is -0.698. The van der Waals surface area contributed by atoms with Gasteiger partial charge >= 0.3 is 6.18 Å². The van der Waals surface area contributed by atoms with Crippen molar-refractivity contribution in [3.8, 4) is 0 Å². The molecule has 0 radical (unpaired) electrons. The third-order valence-corrected chi connectivity index (χ3v) is 2.92. The molecule has 3 N–H and O–H groups in total. The lowest BCUT2D eigenvalue weighted by molar-refractivity contribution is -0.136. The number of aromatic nitrogens is 1. The van der Waals surface area contributed by atoms with E-state index >= 15 is 0 Å². The molecule has 0 saturated carbocycles. The number of carbonyl (C=O) groups excluding carboxylic acids is 1. The minimum atomic E-state index is -4.64. The minimum absolute atomic E-state index is 0.0644. The Morgan fingerprint density at radius 1 is 1.29 bits per heavy atom. The van der Waals surface area contributed by atoms with Crippen LogP contribution in [0.1, 0.15) is 15.9 Å².